The number of hydrogen-bond donors (Lipinski definition) is 1. The molecule has 0 spiro atoms. The summed E-state index contributed by atoms with van der Waals surface area (Å²) in [7, 11) is 0. The fraction of sp³-hybridized carbons (Fsp3) is 0.556. The summed E-state index contributed by atoms with van der Waals surface area (Å²) in [5.74, 6) is -1.41. The lowest BCUT2D eigenvalue weighted by molar-refractivity contribution is -0.253. The molecule has 2 amide bonds. The molecule has 5 nitrogen and oxygen atoms in total. The van der Waals surface area contributed by atoms with Gasteiger partial charge in [0.1, 0.15) is 0 Å². The molecule has 0 bridgehead atoms. The molecule has 0 aromatic heterocycles. The number of aryl methyl sites for hydroxylation is 1. The summed E-state index contributed by atoms with van der Waals surface area (Å²) in [5, 5.41) is 9.74. The molecule has 0 aliphatic carbocycles. The molecular formula is C18H21F3N2O3. The maximum Gasteiger partial charge on any atom is 0.419 e. The Bertz CT molecular complexity index is 722. The van der Waals surface area contributed by atoms with Crippen LogP contribution in [-0.4, -0.2) is 53.2 Å². The predicted molar refractivity (Wildman–Crippen MR) is 88.5 cm³/mol. The number of nitrogens with zero attached hydrogens (tertiary/aromatic N) is 2. The van der Waals surface area contributed by atoms with E-state index in [0.29, 0.717) is 0 Å². The zero-order valence-electron chi connectivity index (χ0n) is 14.4. The number of amides is 2. The second-order valence-electron chi connectivity index (χ2n) is 6.93. The Morgan fingerprint density at radius 2 is 2.04 bits per heavy atom. The first-order chi connectivity index (χ1) is 12.2. The lowest BCUT2D eigenvalue weighted by Gasteiger charge is -2.27. The van der Waals surface area contributed by atoms with Gasteiger partial charge in [0.05, 0.1) is 12.5 Å². The minimum Gasteiger partial charge on any atom is -0.379 e. The third-order valence-corrected chi connectivity index (χ3v) is 5.22. The fourth-order valence-corrected chi connectivity index (χ4v) is 3.65. The third kappa shape index (κ3) is 3.18. The highest BCUT2D eigenvalue weighted by molar-refractivity contribution is 6.00. The monoisotopic (exact) mass is 370 g/mol. The molecule has 2 saturated heterocycles. The van der Waals surface area contributed by atoms with Gasteiger partial charge in [-0.2, -0.15) is 13.2 Å². The highest BCUT2D eigenvalue weighted by Gasteiger charge is 2.58. The minimum atomic E-state index is -4.78. The number of halogens is 3. The van der Waals surface area contributed by atoms with E-state index in [4.69, 9.17) is 0 Å². The van der Waals surface area contributed by atoms with Gasteiger partial charge >= 0.3 is 6.18 Å². The normalized spacial score (nSPS) is 26.7. The first kappa shape index (κ1) is 18.7. The summed E-state index contributed by atoms with van der Waals surface area (Å²) in [6, 6.07) is 7.39. The molecule has 0 saturated carbocycles. The van der Waals surface area contributed by atoms with E-state index in [9.17, 15) is 27.9 Å². The summed E-state index contributed by atoms with van der Waals surface area (Å²) in [6.07, 6.45) is -4.62. The number of benzene rings is 1. The number of anilines is 1. The van der Waals surface area contributed by atoms with Crippen LogP contribution in [0.4, 0.5) is 18.9 Å². The smallest absolute Gasteiger partial charge is 0.379 e. The molecule has 2 atom stereocenters. The van der Waals surface area contributed by atoms with Crippen LogP contribution in [0.25, 0.3) is 0 Å². The molecule has 1 aromatic rings. The molecule has 1 aromatic carbocycles. The Labute approximate surface area is 149 Å². The summed E-state index contributed by atoms with van der Waals surface area (Å²) in [6.45, 7) is 1.18. The van der Waals surface area contributed by atoms with Crippen LogP contribution in [0.15, 0.2) is 24.3 Å². The number of alkyl halides is 3. The first-order valence-electron chi connectivity index (χ1n) is 8.62. The number of hydrogen-bond acceptors (Lipinski definition) is 3. The van der Waals surface area contributed by atoms with Gasteiger partial charge in [0.2, 0.25) is 11.8 Å². The maximum absolute atomic E-state index is 12.9. The van der Waals surface area contributed by atoms with Crippen LogP contribution in [0.2, 0.25) is 0 Å². The Hall–Kier alpha value is -2.09. The topological polar surface area (TPSA) is 60.9 Å². The van der Waals surface area contributed by atoms with Gasteiger partial charge in [-0.25, -0.2) is 0 Å². The van der Waals surface area contributed by atoms with Crippen molar-refractivity contribution in [1.82, 2.24) is 4.90 Å². The number of likely N-dealkylation sites (tertiary alicyclic amines) is 1. The number of carbonyl (C=O) groups excluding carboxylic acids is 2. The van der Waals surface area contributed by atoms with Crippen LogP contribution in [0.1, 0.15) is 25.3 Å². The molecule has 142 valence electrons. The molecule has 3 rings (SSSR count). The number of para-hydroxylation sites is 1. The minimum absolute atomic E-state index is 0.0299. The fourth-order valence-electron chi connectivity index (χ4n) is 3.65. The van der Waals surface area contributed by atoms with Gasteiger partial charge in [0, 0.05) is 31.6 Å². The average Bonchev–Trinajstić information content (AvgIpc) is 3.18. The summed E-state index contributed by atoms with van der Waals surface area (Å²) in [4.78, 5) is 27.6. The van der Waals surface area contributed by atoms with E-state index in [2.05, 4.69) is 0 Å². The Morgan fingerprint density at radius 3 is 2.65 bits per heavy atom. The van der Waals surface area contributed by atoms with E-state index in [1.807, 2.05) is 25.1 Å². The number of β-amino-alcohol motifs (C(OH)–C–C–N with tert-alkyl or cyclic N) is 1. The van der Waals surface area contributed by atoms with Crippen LogP contribution in [0, 0.1) is 5.92 Å². The van der Waals surface area contributed by atoms with E-state index >= 15 is 0 Å². The molecule has 26 heavy (non-hydrogen) atoms. The van der Waals surface area contributed by atoms with Crippen LogP contribution in [0.3, 0.4) is 0 Å². The highest BCUT2D eigenvalue weighted by Crippen LogP contribution is 2.38. The first-order valence-corrected chi connectivity index (χ1v) is 8.62. The Kier molecular flexibility index (Phi) is 4.72. The second kappa shape index (κ2) is 6.57. The van der Waals surface area contributed by atoms with Crippen molar-refractivity contribution in [3.63, 3.8) is 0 Å². The summed E-state index contributed by atoms with van der Waals surface area (Å²) < 4.78 is 38.8. The van der Waals surface area contributed by atoms with Gasteiger partial charge in [0.25, 0.3) is 0 Å². The van der Waals surface area contributed by atoms with Crippen molar-refractivity contribution in [2.45, 2.75) is 38.0 Å². The van der Waals surface area contributed by atoms with Gasteiger partial charge in [-0.05, 0) is 18.1 Å². The van der Waals surface area contributed by atoms with E-state index in [1.165, 1.54) is 4.90 Å². The second-order valence-corrected chi connectivity index (χ2v) is 6.93. The number of carbonyl (C=O) groups is 2. The molecule has 0 radical (unpaired) electrons. The van der Waals surface area contributed by atoms with Crippen molar-refractivity contribution in [3.05, 3.63) is 29.8 Å². The molecule has 8 heteroatoms. The van der Waals surface area contributed by atoms with E-state index in [1.54, 1.807) is 6.07 Å². The van der Waals surface area contributed by atoms with Crippen LogP contribution in [-0.2, 0) is 16.0 Å². The predicted octanol–water partition coefficient (Wildman–Crippen LogP) is 2.13. The maximum atomic E-state index is 12.9. The molecular weight excluding hydrogens is 349 g/mol. The van der Waals surface area contributed by atoms with E-state index in [0.717, 1.165) is 22.6 Å². The van der Waals surface area contributed by atoms with Crippen molar-refractivity contribution in [2.24, 2.45) is 5.92 Å². The zero-order chi connectivity index (χ0) is 19.1. The van der Waals surface area contributed by atoms with Gasteiger partial charge in [-0.3, -0.25) is 9.59 Å². The summed E-state index contributed by atoms with van der Waals surface area (Å²) in [5.41, 5.74) is -1.15. The quantitative estimate of drug-likeness (QED) is 0.887. The standard InChI is InChI=1S/C18H21F3N2O3/c1-2-12-5-3-4-6-14(12)23-10-13(9-15(23)24)16(25)22-8-7-17(26,11-22)18(19,20)21/h3-6,13,26H,2,7-11H2,1H3. The Balaban J connectivity index is 1.72. The van der Waals surface area contributed by atoms with Gasteiger partial charge in [-0.15, -0.1) is 0 Å². The number of aliphatic hydroxyl groups is 1. The third-order valence-electron chi connectivity index (χ3n) is 5.22. The lowest BCUT2D eigenvalue weighted by atomic mass is 10.0. The Morgan fingerprint density at radius 1 is 1.35 bits per heavy atom. The van der Waals surface area contributed by atoms with Crippen molar-refractivity contribution in [2.75, 3.05) is 24.5 Å². The summed E-state index contributed by atoms with van der Waals surface area (Å²) >= 11 is 0. The van der Waals surface area contributed by atoms with Crippen molar-refractivity contribution < 1.29 is 27.9 Å². The molecule has 2 aliphatic rings. The van der Waals surface area contributed by atoms with Crippen molar-refractivity contribution >= 4 is 17.5 Å². The molecule has 1 N–H and O–H groups in total. The van der Waals surface area contributed by atoms with Crippen LogP contribution in [0.5, 0.6) is 0 Å². The van der Waals surface area contributed by atoms with Gasteiger partial charge in [-0.1, -0.05) is 25.1 Å². The van der Waals surface area contributed by atoms with E-state index in [-0.39, 0.29) is 25.4 Å². The van der Waals surface area contributed by atoms with Crippen LogP contribution < -0.4 is 4.90 Å². The molecule has 2 fully saturated rings. The zero-order valence-corrected chi connectivity index (χ0v) is 14.4. The molecule has 2 heterocycles. The van der Waals surface area contributed by atoms with Crippen molar-refractivity contribution in [1.29, 1.82) is 0 Å². The lowest BCUT2D eigenvalue weighted by Crippen LogP contribution is -2.48. The molecule has 2 aliphatic heterocycles. The van der Waals surface area contributed by atoms with Crippen LogP contribution >= 0.6 is 0 Å². The highest BCUT2D eigenvalue weighted by atomic mass is 19.4. The number of rotatable bonds is 3. The average molecular weight is 370 g/mol. The van der Waals surface area contributed by atoms with Gasteiger partial charge < -0.3 is 14.9 Å². The largest absolute Gasteiger partial charge is 0.419 e. The van der Waals surface area contributed by atoms with Gasteiger partial charge in [0.15, 0.2) is 5.60 Å². The SMILES string of the molecule is CCc1ccccc1N1CC(C(=O)N2CCC(O)(C(F)(F)F)C2)CC1=O. The molecule has 2 unspecified atom stereocenters. The van der Waals surface area contributed by atoms with Crippen molar-refractivity contribution in [3.8, 4) is 0 Å². The van der Waals surface area contributed by atoms with E-state index < -0.39 is 36.6 Å².